The molecule has 4 heterocycles. The molecule has 0 aliphatic carbocycles. The van der Waals surface area contributed by atoms with Gasteiger partial charge in [-0.15, -0.1) is 6.58 Å². The molecule has 0 radical (unpaired) electrons. The molecule has 2 fully saturated rings. The van der Waals surface area contributed by atoms with E-state index in [4.69, 9.17) is 14.5 Å². The van der Waals surface area contributed by atoms with Crippen LogP contribution < -0.4 is 10.6 Å². The summed E-state index contributed by atoms with van der Waals surface area (Å²) >= 11 is 0. The topological polar surface area (TPSA) is 175 Å². The van der Waals surface area contributed by atoms with Gasteiger partial charge in [0.15, 0.2) is 0 Å². The van der Waals surface area contributed by atoms with Crippen molar-refractivity contribution in [2.75, 3.05) is 27.3 Å². The van der Waals surface area contributed by atoms with Crippen LogP contribution in [-0.4, -0.2) is 93.1 Å². The van der Waals surface area contributed by atoms with Gasteiger partial charge in [-0.2, -0.15) is 0 Å². The van der Waals surface area contributed by atoms with Crippen LogP contribution in [0.5, 0.6) is 0 Å². The van der Waals surface area contributed by atoms with Crippen molar-refractivity contribution in [1.82, 2.24) is 40.4 Å². The van der Waals surface area contributed by atoms with Crippen molar-refractivity contribution in [2.24, 2.45) is 5.92 Å². The SMILES string of the molecule is C=CC[C@H](NC(=O)OC)C(=O)N1CCC[C@H]1c1ncc(-c2ccc3cc(-c4ccc5nc([C@@H]6CCCN6C(=O)[C@@H](NC(=O)OC)C(C)C)[nH]c5c4)ccc3c2)[nH]1. The number of methoxy groups -OCH3 is 2. The van der Waals surface area contributed by atoms with Gasteiger partial charge in [-0.25, -0.2) is 19.6 Å². The van der Waals surface area contributed by atoms with E-state index in [1.807, 2.05) is 24.8 Å². The Hall–Kier alpha value is -6.18. The van der Waals surface area contributed by atoms with Gasteiger partial charge in [-0.3, -0.25) is 9.59 Å². The minimum atomic E-state index is -0.763. The van der Waals surface area contributed by atoms with Gasteiger partial charge < -0.3 is 39.9 Å². The minimum Gasteiger partial charge on any atom is -0.453 e. The summed E-state index contributed by atoms with van der Waals surface area (Å²) < 4.78 is 9.50. The first-order chi connectivity index (χ1) is 27.1. The molecule has 0 bridgehead atoms. The number of nitrogens with one attached hydrogen (secondary N) is 4. The predicted octanol–water partition coefficient (Wildman–Crippen LogP) is 6.78. The Kier molecular flexibility index (Phi) is 11.1. The number of rotatable bonds is 11. The van der Waals surface area contributed by atoms with Crippen molar-refractivity contribution in [3.05, 3.63) is 85.1 Å². The van der Waals surface area contributed by atoms with E-state index >= 15 is 0 Å². The second-order valence-electron chi connectivity index (χ2n) is 14.8. The number of aromatic nitrogens is 4. The van der Waals surface area contributed by atoms with E-state index < -0.39 is 24.3 Å². The lowest BCUT2D eigenvalue weighted by Crippen LogP contribution is -2.51. The Morgan fingerprint density at radius 1 is 0.821 bits per heavy atom. The lowest BCUT2D eigenvalue weighted by atomic mass is 9.99. The van der Waals surface area contributed by atoms with Crippen LogP contribution in [0, 0.1) is 5.92 Å². The van der Waals surface area contributed by atoms with E-state index in [2.05, 4.69) is 80.7 Å². The van der Waals surface area contributed by atoms with Gasteiger partial charge in [-0.05, 0) is 84.2 Å². The molecular weight excluding hydrogens is 713 g/mol. The Bertz CT molecular complexity index is 2280. The first-order valence-corrected chi connectivity index (χ1v) is 19.1. The largest absolute Gasteiger partial charge is 0.453 e. The fourth-order valence-corrected chi connectivity index (χ4v) is 7.91. The highest BCUT2D eigenvalue weighted by molar-refractivity contribution is 5.92. The number of hydrogen-bond donors (Lipinski definition) is 4. The molecule has 0 unspecified atom stereocenters. The number of fused-ring (bicyclic) bond motifs is 2. The molecular formula is C42H48N8O6. The highest BCUT2D eigenvalue weighted by Crippen LogP contribution is 2.36. The van der Waals surface area contributed by atoms with Gasteiger partial charge in [0, 0.05) is 18.7 Å². The number of benzene rings is 3. The first kappa shape index (κ1) is 38.1. The van der Waals surface area contributed by atoms with Crippen LogP contribution in [0.25, 0.3) is 44.2 Å². The summed E-state index contributed by atoms with van der Waals surface area (Å²) in [6.07, 6.45) is 5.63. The summed E-state index contributed by atoms with van der Waals surface area (Å²) in [6, 6.07) is 16.9. The number of ether oxygens (including phenoxy) is 2. The Morgan fingerprint density at radius 2 is 1.43 bits per heavy atom. The fraction of sp³-hybridized carbons (Fsp3) is 0.381. The summed E-state index contributed by atoms with van der Waals surface area (Å²) in [5, 5.41) is 7.48. The minimum absolute atomic E-state index is 0.111. The summed E-state index contributed by atoms with van der Waals surface area (Å²) in [6.45, 7) is 8.70. The van der Waals surface area contributed by atoms with Gasteiger partial charge in [0.25, 0.3) is 0 Å². The molecule has 4 N–H and O–H groups in total. The molecule has 7 rings (SSSR count). The van der Waals surface area contributed by atoms with Crippen LogP contribution in [0.2, 0.25) is 0 Å². The van der Waals surface area contributed by atoms with Gasteiger partial charge in [0.05, 0.1) is 49.2 Å². The van der Waals surface area contributed by atoms with Gasteiger partial charge in [-0.1, -0.05) is 50.3 Å². The molecule has 2 aromatic heterocycles. The quantitative estimate of drug-likeness (QED) is 0.107. The molecule has 0 saturated carbocycles. The van der Waals surface area contributed by atoms with E-state index in [1.54, 1.807) is 17.2 Å². The number of aromatic amines is 2. The van der Waals surface area contributed by atoms with Crippen LogP contribution in [0.15, 0.2) is 73.4 Å². The number of amides is 4. The van der Waals surface area contributed by atoms with Gasteiger partial charge in [0.2, 0.25) is 11.8 Å². The zero-order chi connectivity index (χ0) is 39.5. The molecule has 4 atom stereocenters. The molecule has 14 heteroatoms. The number of carbonyl (C=O) groups is 4. The van der Waals surface area contributed by atoms with Gasteiger partial charge >= 0.3 is 12.2 Å². The number of H-pyrrole nitrogens is 2. The number of alkyl carbamates (subject to hydrolysis) is 2. The van der Waals surface area contributed by atoms with Crippen LogP contribution in [0.1, 0.15) is 69.7 Å². The average molecular weight is 761 g/mol. The zero-order valence-corrected chi connectivity index (χ0v) is 32.1. The van der Waals surface area contributed by atoms with E-state index in [0.717, 1.165) is 75.7 Å². The predicted molar refractivity (Wildman–Crippen MR) is 212 cm³/mol. The Balaban J connectivity index is 1.07. The maximum atomic E-state index is 13.6. The highest BCUT2D eigenvalue weighted by atomic mass is 16.5. The Morgan fingerprint density at radius 3 is 2.11 bits per heavy atom. The van der Waals surface area contributed by atoms with Crippen molar-refractivity contribution in [2.45, 2.75) is 70.1 Å². The second kappa shape index (κ2) is 16.3. The molecule has 56 heavy (non-hydrogen) atoms. The van der Waals surface area contributed by atoms with Crippen LogP contribution in [0.3, 0.4) is 0 Å². The smallest absolute Gasteiger partial charge is 0.407 e. The number of likely N-dealkylation sites (tertiary alicyclic amines) is 2. The maximum Gasteiger partial charge on any atom is 0.407 e. The number of imidazole rings is 2. The third kappa shape index (κ3) is 7.68. The van der Waals surface area contributed by atoms with Crippen molar-refractivity contribution in [1.29, 1.82) is 0 Å². The highest BCUT2D eigenvalue weighted by Gasteiger charge is 2.38. The van der Waals surface area contributed by atoms with Crippen LogP contribution >= 0.6 is 0 Å². The molecule has 5 aromatic rings. The molecule has 0 spiro atoms. The molecule has 4 amide bonds. The molecule has 2 saturated heterocycles. The number of carbonyl (C=O) groups excluding carboxylic acids is 4. The maximum absolute atomic E-state index is 13.6. The van der Waals surface area contributed by atoms with E-state index in [1.165, 1.54) is 14.2 Å². The summed E-state index contributed by atoms with van der Waals surface area (Å²) in [7, 11) is 2.56. The fourth-order valence-electron chi connectivity index (χ4n) is 7.91. The standard InChI is InChI=1S/C42H48N8O6/c1-6-9-31(47-41(53)55-4)39(51)49-18-7-10-34(49)37-43-23-33(46-37)29-15-14-25-20-26(12-13-27(25)21-29)28-16-17-30-32(22-28)45-38(44-30)35-11-8-19-50(35)40(52)36(24(2)3)48-42(54)56-5/h6,12-17,20-24,31,34-36H,1,7-11,18-19H2,2-5H3,(H,43,46)(H,44,45)(H,47,53)(H,48,54)/t31-,34-,35-,36-/m0/s1. The van der Waals surface area contributed by atoms with Crippen molar-refractivity contribution >= 4 is 45.8 Å². The second-order valence-corrected chi connectivity index (χ2v) is 14.8. The zero-order valence-electron chi connectivity index (χ0n) is 32.1. The number of hydrogen-bond acceptors (Lipinski definition) is 8. The third-order valence-corrected chi connectivity index (χ3v) is 10.9. The summed E-state index contributed by atoms with van der Waals surface area (Å²) in [4.78, 5) is 71.1. The summed E-state index contributed by atoms with van der Waals surface area (Å²) in [5.74, 6) is 0.995. The molecule has 14 nitrogen and oxygen atoms in total. The molecule has 2 aliphatic rings. The average Bonchev–Trinajstić information content (AvgIpc) is 4.04. The van der Waals surface area contributed by atoms with Crippen molar-refractivity contribution in [3.8, 4) is 22.4 Å². The first-order valence-electron chi connectivity index (χ1n) is 19.1. The Labute approximate surface area is 325 Å². The van der Waals surface area contributed by atoms with Crippen LogP contribution in [-0.2, 0) is 19.1 Å². The molecule has 2 aliphatic heterocycles. The van der Waals surface area contributed by atoms with Crippen LogP contribution in [0.4, 0.5) is 9.59 Å². The lowest BCUT2D eigenvalue weighted by Gasteiger charge is -2.29. The van der Waals surface area contributed by atoms with E-state index in [9.17, 15) is 19.2 Å². The van der Waals surface area contributed by atoms with Gasteiger partial charge in [0.1, 0.15) is 23.7 Å². The van der Waals surface area contributed by atoms with E-state index in [-0.39, 0.29) is 29.8 Å². The van der Waals surface area contributed by atoms with E-state index in [0.29, 0.717) is 25.3 Å². The summed E-state index contributed by atoms with van der Waals surface area (Å²) in [5.41, 5.74) is 5.62. The normalized spacial score (nSPS) is 17.9. The third-order valence-electron chi connectivity index (χ3n) is 10.9. The molecule has 3 aromatic carbocycles. The van der Waals surface area contributed by atoms with Crippen molar-refractivity contribution < 1.29 is 28.7 Å². The monoisotopic (exact) mass is 760 g/mol. The number of nitrogens with zero attached hydrogens (tertiary/aromatic N) is 4. The lowest BCUT2D eigenvalue weighted by molar-refractivity contribution is -0.135. The van der Waals surface area contributed by atoms with Crippen molar-refractivity contribution in [3.63, 3.8) is 0 Å². The molecule has 292 valence electrons.